The van der Waals surface area contributed by atoms with E-state index in [0.717, 1.165) is 12.8 Å². The Bertz CT molecular complexity index is 323. The van der Waals surface area contributed by atoms with E-state index in [1.54, 1.807) is 13.8 Å². The van der Waals surface area contributed by atoms with E-state index in [9.17, 15) is 4.79 Å². The maximum absolute atomic E-state index is 10.6. The zero-order valence-corrected chi connectivity index (χ0v) is 14.9. The van der Waals surface area contributed by atoms with Gasteiger partial charge in [0, 0.05) is 49.0 Å². The number of allylic oxidation sites excluding steroid dienone is 1. The lowest BCUT2D eigenvalue weighted by Gasteiger charge is -2.17. The predicted octanol–water partition coefficient (Wildman–Crippen LogP) is 2.55. The number of hydrogen-bond donors (Lipinski definition) is 1. The topological polar surface area (TPSA) is 37.3 Å². The molecule has 0 heterocycles. The number of aliphatic carboxylic acids is 1. The average molecular weight is 351 g/mol. The Kier molecular flexibility index (Phi) is 19.7. The van der Waals surface area contributed by atoms with Crippen molar-refractivity contribution in [1.29, 1.82) is 0 Å². The molecule has 0 unspecified atom stereocenters. The molecule has 0 aromatic rings. The van der Waals surface area contributed by atoms with E-state index < -0.39 is 11.4 Å². The minimum absolute atomic E-state index is 0. The Labute approximate surface area is 129 Å². The molecule has 0 aliphatic rings. The summed E-state index contributed by atoms with van der Waals surface area (Å²) in [5, 5.41) is 8.71. The van der Waals surface area contributed by atoms with E-state index in [-0.39, 0.29) is 13.5 Å². The summed E-state index contributed by atoms with van der Waals surface area (Å²) < 4.78 is 0. The quantitative estimate of drug-likeness (QED) is 0.611. The number of unbranched alkanes of at least 4 members (excludes halogenated alkanes) is 1. The molecule has 0 aliphatic heterocycles. The molecule has 0 aromatic heterocycles. The second-order valence-corrected chi connectivity index (χ2v) is 8.88. The summed E-state index contributed by atoms with van der Waals surface area (Å²) in [6.07, 6.45) is 4.34. The molecule has 0 amide bonds. The van der Waals surface area contributed by atoms with Crippen molar-refractivity contribution in [3.8, 4) is 0 Å². The third kappa shape index (κ3) is 16.7. The van der Waals surface area contributed by atoms with Crippen LogP contribution in [-0.4, -0.2) is 11.1 Å². The van der Waals surface area contributed by atoms with E-state index in [1.807, 2.05) is 6.08 Å². The van der Waals surface area contributed by atoms with Crippen molar-refractivity contribution in [2.24, 2.45) is 5.41 Å². The molecule has 2 nitrogen and oxygen atoms in total. The molecule has 0 saturated heterocycles. The highest BCUT2D eigenvalue weighted by Gasteiger charge is 2.25. The van der Waals surface area contributed by atoms with Crippen LogP contribution in [0.5, 0.6) is 0 Å². The number of carbonyl (C=O) groups is 1. The Morgan fingerprint density at radius 1 is 1.41 bits per heavy atom. The molecule has 0 spiro atoms. The molecule has 1 N–H and O–H groups in total. The standard InChI is InChI=1S/C9H16O2.S5.H2S/c1-4-5-6-7-9(2,3)8(10)11;1-3-5-4-2;/h4H,1,5-7H2,2-3H3,(H,10,11);;1H2. The summed E-state index contributed by atoms with van der Waals surface area (Å²) in [5.74, 6) is -0.721. The van der Waals surface area contributed by atoms with Crippen LogP contribution < -0.4 is 0 Å². The van der Waals surface area contributed by atoms with Gasteiger partial charge < -0.3 is 5.11 Å². The summed E-state index contributed by atoms with van der Waals surface area (Å²) in [6, 6.07) is 0. The van der Waals surface area contributed by atoms with Gasteiger partial charge in [0.1, 0.15) is 0 Å². The van der Waals surface area contributed by atoms with Crippen LogP contribution in [-0.2, 0) is 53.8 Å². The minimum Gasteiger partial charge on any atom is -0.481 e. The first-order valence-electron chi connectivity index (χ1n) is 4.51. The highest BCUT2D eigenvalue weighted by molar-refractivity contribution is 8.59. The van der Waals surface area contributed by atoms with Gasteiger partial charge in [0.15, 0.2) is 0 Å². The van der Waals surface area contributed by atoms with Gasteiger partial charge in [-0.15, -0.1) is 6.58 Å². The first-order valence-corrected chi connectivity index (χ1v) is 9.85. The molecule has 0 radical (unpaired) electrons. The van der Waals surface area contributed by atoms with Crippen LogP contribution in [0.4, 0.5) is 0 Å². The predicted molar refractivity (Wildman–Crippen MR) is 92.7 cm³/mol. The fraction of sp³-hybridized carbons (Fsp3) is 0.667. The minimum atomic E-state index is -0.721. The molecular weight excluding hydrogens is 332 g/mol. The molecule has 0 fully saturated rings. The van der Waals surface area contributed by atoms with E-state index in [0.29, 0.717) is 6.42 Å². The molecular formula is C9H18O2S6. The Morgan fingerprint density at radius 2 is 1.88 bits per heavy atom. The lowest BCUT2D eigenvalue weighted by atomic mass is 9.87. The van der Waals surface area contributed by atoms with Gasteiger partial charge in [0.25, 0.3) is 0 Å². The Morgan fingerprint density at radius 3 is 2.12 bits per heavy atom. The van der Waals surface area contributed by atoms with Gasteiger partial charge in [0.05, 0.1) is 5.41 Å². The number of rotatable bonds is 5. The SMILES string of the molecule is C=CCCCC(C)(C)C(=O)O.S.S=S=S=S=S. The molecule has 0 atom stereocenters. The second kappa shape index (κ2) is 14.7. The maximum atomic E-state index is 10.6. The molecule has 0 rings (SSSR count). The summed E-state index contributed by atoms with van der Waals surface area (Å²) in [4.78, 5) is 10.6. The first kappa shape index (κ1) is 22.8. The van der Waals surface area contributed by atoms with Crippen molar-refractivity contribution in [3.63, 3.8) is 0 Å². The van der Waals surface area contributed by atoms with Crippen LogP contribution >= 0.6 is 13.5 Å². The largest absolute Gasteiger partial charge is 0.481 e. The average Bonchev–Trinajstić information content (AvgIpc) is 2.20. The van der Waals surface area contributed by atoms with Crippen LogP contribution in [0, 0.1) is 5.41 Å². The summed E-state index contributed by atoms with van der Waals surface area (Å²) in [5.41, 5.74) is -0.580. The highest BCUT2D eigenvalue weighted by atomic mass is 33.3. The molecule has 0 bridgehead atoms. The number of carboxylic acid groups (broad SMARTS) is 1. The molecule has 8 heteroatoms. The van der Waals surface area contributed by atoms with Gasteiger partial charge >= 0.3 is 5.97 Å². The molecule has 0 saturated carbocycles. The summed E-state index contributed by atoms with van der Waals surface area (Å²) in [7, 11) is 3.95. The number of hydrogen-bond acceptors (Lipinski definition) is 3. The summed E-state index contributed by atoms with van der Waals surface area (Å²) in [6.45, 7) is 7.07. The zero-order valence-electron chi connectivity index (χ0n) is 9.80. The molecule has 0 aliphatic carbocycles. The van der Waals surface area contributed by atoms with Gasteiger partial charge in [-0.2, -0.15) is 13.5 Å². The smallest absolute Gasteiger partial charge is 0.309 e. The first-order chi connectivity index (χ1) is 7.42. The van der Waals surface area contributed by atoms with Crippen LogP contribution in [0.1, 0.15) is 33.1 Å². The van der Waals surface area contributed by atoms with Crippen LogP contribution in [0.3, 0.4) is 0 Å². The third-order valence-corrected chi connectivity index (χ3v) is 6.29. The van der Waals surface area contributed by atoms with E-state index in [2.05, 4.69) is 29.0 Å². The normalized spacial score (nSPS) is 8.82. The van der Waals surface area contributed by atoms with E-state index >= 15 is 0 Å². The monoisotopic (exact) mass is 350 g/mol. The molecule has 17 heavy (non-hydrogen) atoms. The van der Waals surface area contributed by atoms with Gasteiger partial charge in [-0.1, -0.05) is 6.08 Å². The lowest BCUT2D eigenvalue weighted by Crippen LogP contribution is -2.23. The van der Waals surface area contributed by atoms with Gasteiger partial charge in [0.2, 0.25) is 0 Å². The van der Waals surface area contributed by atoms with Gasteiger partial charge in [-0.3, -0.25) is 4.79 Å². The van der Waals surface area contributed by atoms with E-state index in [1.165, 1.54) is 26.6 Å². The molecule has 102 valence electrons. The molecule has 0 aromatic carbocycles. The van der Waals surface area contributed by atoms with Crippen molar-refractivity contribution in [1.82, 2.24) is 0 Å². The fourth-order valence-electron chi connectivity index (χ4n) is 0.807. The third-order valence-electron chi connectivity index (χ3n) is 1.84. The Balaban J connectivity index is -0.000000280. The fourth-order valence-corrected chi connectivity index (χ4v) is 3.55. The van der Waals surface area contributed by atoms with Gasteiger partial charge in [-0.25, -0.2) is 0 Å². The van der Waals surface area contributed by atoms with Crippen LogP contribution in [0.25, 0.3) is 0 Å². The van der Waals surface area contributed by atoms with Crippen LogP contribution in [0.15, 0.2) is 12.7 Å². The summed E-state index contributed by atoms with van der Waals surface area (Å²) >= 11 is 8.89. The van der Waals surface area contributed by atoms with Crippen molar-refractivity contribution in [2.45, 2.75) is 33.1 Å². The van der Waals surface area contributed by atoms with Crippen molar-refractivity contribution >= 4 is 68.5 Å². The highest BCUT2D eigenvalue weighted by Crippen LogP contribution is 2.23. The van der Waals surface area contributed by atoms with E-state index in [4.69, 9.17) is 5.11 Å². The van der Waals surface area contributed by atoms with Crippen molar-refractivity contribution < 1.29 is 9.90 Å². The zero-order chi connectivity index (χ0) is 13.0. The maximum Gasteiger partial charge on any atom is 0.309 e. The Hall–Kier alpha value is 0.660. The second-order valence-electron chi connectivity index (χ2n) is 3.57. The lowest BCUT2D eigenvalue weighted by molar-refractivity contribution is -0.147. The van der Waals surface area contributed by atoms with Gasteiger partial charge in [-0.05, 0) is 33.1 Å². The van der Waals surface area contributed by atoms with Crippen LogP contribution in [0.2, 0.25) is 0 Å². The van der Waals surface area contributed by atoms with Crippen molar-refractivity contribution in [3.05, 3.63) is 12.7 Å². The van der Waals surface area contributed by atoms with Crippen molar-refractivity contribution in [2.75, 3.05) is 0 Å². The number of carboxylic acids is 1.